The van der Waals surface area contributed by atoms with Crippen molar-refractivity contribution in [1.82, 2.24) is 10.2 Å². The van der Waals surface area contributed by atoms with Crippen molar-refractivity contribution < 1.29 is 9.59 Å². The van der Waals surface area contributed by atoms with Crippen molar-refractivity contribution in [3.8, 4) is 0 Å². The Bertz CT molecular complexity index is 469. The minimum atomic E-state index is -0.114. The lowest BCUT2D eigenvalue weighted by Gasteiger charge is -2.25. The van der Waals surface area contributed by atoms with Crippen molar-refractivity contribution in [2.75, 3.05) is 13.6 Å². The normalized spacial score (nSPS) is 15.5. The van der Waals surface area contributed by atoms with Gasteiger partial charge in [-0.2, -0.15) is 0 Å². The van der Waals surface area contributed by atoms with Crippen molar-refractivity contribution in [3.63, 3.8) is 0 Å². The first-order valence-corrected chi connectivity index (χ1v) is 7.14. The first kappa shape index (κ1) is 14.6. The van der Waals surface area contributed by atoms with Gasteiger partial charge in [0.1, 0.15) is 0 Å². The largest absolute Gasteiger partial charge is 0.347 e. The van der Waals surface area contributed by atoms with Gasteiger partial charge < -0.3 is 10.2 Å². The minimum absolute atomic E-state index is 0.0224. The zero-order valence-electron chi connectivity index (χ0n) is 12.1. The molecule has 0 spiro atoms. The summed E-state index contributed by atoms with van der Waals surface area (Å²) in [4.78, 5) is 25.5. The standard InChI is InChI=1S/C16H22N2O2/c1-12(14-8-9-14)18(2)16(20)11-17-15(19)10-13-6-4-3-5-7-13/h3-7,12,14H,8-11H2,1-2H3,(H,17,19)/t12-/m0/s1. The zero-order chi connectivity index (χ0) is 14.5. The fourth-order valence-electron chi connectivity index (χ4n) is 2.26. The number of benzene rings is 1. The Labute approximate surface area is 120 Å². The summed E-state index contributed by atoms with van der Waals surface area (Å²) in [6, 6.07) is 9.80. The topological polar surface area (TPSA) is 49.4 Å². The monoisotopic (exact) mass is 274 g/mol. The summed E-state index contributed by atoms with van der Waals surface area (Å²) < 4.78 is 0. The lowest BCUT2D eigenvalue weighted by molar-refractivity contribution is -0.133. The summed E-state index contributed by atoms with van der Waals surface area (Å²) in [5.41, 5.74) is 0.956. The number of amides is 2. The molecule has 1 fully saturated rings. The first-order valence-electron chi connectivity index (χ1n) is 7.14. The van der Waals surface area contributed by atoms with E-state index in [9.17, 15) is 9.59 Å². The average molecular weight is 274 g/mol. The number of nitrogens with zero attached hydrogens (tertiary/aromatic N) is 1. The van der Waals surface area contributed by atoms with Gasteiger partial charge in [-0.1, -0.05) is 30.3 Å². The molecule has 1 aromatic rings. The van der Waals surface area contributed by atoms with Crippen LogP contribution in [-0.2, 0) is 16.0 Å². The van der Waals surface area contributed by atoms with Gasteiger partial charge in [0, 0.05) is 13.1 Å². The van der Waals surface area contributed by atoms with Gasteiger partial charge in [-0.15, -0.1) is 0 Å². The van der Waals surface area contributed by atoms with Crippen molar-refractivity contribution in [2.24, 2.45) is 5.92 Å². The lowest BCUT2D eigenvalue weighted by atomic mass is 10.1. The van der Waals surface area contributed by atoms with Gasteiger partial charge in [0.25, 0.3) is 0 Å². The Morgan fingerprint density at radius 1 is 1.30 bits per heavy atom. The molecular weight excluding hydrogens is 252 g/mol. The summed E-state index contributed by atoms with van der Waals surface area (Å²) in [6.07, 6.45) is 2.73. The highest BCUT2D eigenvalue weighted by molar-refractivity contribution is 5.85. The highest BCUT2D eigenvalue weighted by Crippen LogP contribution is 2.34. The summed E-state index contributed by atoms with van der Waals surface area (Å²) in [5, 5.41) is 2.70. The summed E-state index contributed by atoms with van der Waals surface area (Å²) in [7, 11) is 1.81. The van der Waals surface area contributed by atoms with E-state index in [4.69, 9.17) is 0 Å². The van der Waals surface area contributed by atoms with Gasteiger partial charge in [-0.3, -0.25) is 9.59 Å². The molecule has 1 aliphatic rings. The molecule has 0 bridgehead atoms. The minimum Gasteiger partial charge on any atom is -0.347 e. The van der Waals surface area contributed by atoms with Crippen molar-refractivity contribution >= 4 is 11.8 Å². The predicted molar refractivity (Wildman–Crippen MR) is 78.1 cm³/mol. The summed E-state index contributed by atoms with van der Waals surface area (Å²) >= 11 is 0. The van der Waals surface area contributed by atoms with Crippen LogP contribution in [0.3, 0.4) is 0 Å². The number of hydrogen-bond donors (Lipinski definition) is 1. The van der Waals surface area contributed by atoms with Crippen LogP contribution in [0.25, 0.3) is 0 Å². The zero-order valence-corrected chi connectivity index (χ0v) is 12.1. The molecule has 1 aliphatic carbocycles. The van der Waals surface area contributed by atoms with Crippen LogP contribution in [0, 0.1) is 5.92 Å². The quantitative estimate of drug-likeness (QED) is 0.856. The molecule has 1 atom stereocenters. The van der Waals surface area contributed by atoms with E-state index in [1.165, 1.54) is 12.8 Å². The van der Waals surface area contributed by atoms with E-state index in [0.717, 1.165) is 5.56 Å². The maximum atomic E-state index is 12.0. The predicted octanol–water partition coefficient (Wildman–Crippen LogP) is 1.60. The molecule has 20 heavy (non-hydrogen) atoms. The van der Waals surface area contributed by atoms with Gasteiger partial charge in [0.2, 0.25) is 11.8 Å². The van der Waals surface area contributed by atoms with Crippen LogP contribution in [0.4, 0.5) is 0 Å². The van der Waals surface area contributed by atoms with Gasteiger partial charge in [-0.25, -0.2) is 0 Å². The number of likely N-dealkylation sites (N-methyl/N-ethyl adjacent to an activating group) is 1. The smallest absolute Gasteiger partial charge is 0.241 e. The van der Waals surface area contributed by atoms with E-state index in [0.29, 0.717) is 12.3 Å². The second kappa shape index (κ2) is 6.55. The molecule has 0 heterocycles. The molecule has 0 unspecified atom stereocenters. The third kappa shape index (κ3) is 4.08. The van der Waals surface area contributed by atoms with E-state index in [2.05, 4.69) is 12.2 Å². The first-order chi connectivity index (χ1) is 9.58. The molecular formula is C16H22N2O2. The van der Waals surface area contributed by atoms with E-state index in [-0.39, 0.29) is 24.4 Å². The van der Waals surface area contributed by atoms with Crippen LogP contribution in [-0.4, -0.2) is 36.3 Å². The number of rotatable bonds is 6. The molecule has 0 saturated heterocycles. The second-order valence-electron chi connectivity index (χ2n) is 5.52. The maximum Gasteiger partial charge on any atom is 0.241 e. The third-order valence-electron chi connectivity index (χ3n) is 3.95. The van der Waals surface area contributed by atoms with Gasteiger partial charge in [0.05, 0.1) is 13.0 Å². The fraction of sp³-hybridized carbons (Fsp3) is 0.500. The number of nitrogens with one attached hydrogen (secondary N) is 1. The summed E-state index contributed by atoms with van der Waals surface area (Å²) in [5.74, 6) is 0.506. The van der Waals surface area contributed by atoms with Crippen molar-refractivity contribution in [2.45, 2.75) is 32.2 Å². The molecule has 2 rings (SSSR count). The van der Waals surface area contributed by atoms with Crippen LogP contribution >= 0.6 is 0 Å². The molecule has 1 saturated carbocycles. The Morgan fingerprint density at radius 2 is 1.95 bits per heavy atom. The molecule has 0 aliphatic heterocycles. The number of carbonyl (C=O) groups is 2. The van der Waals surface area contributed by atoms with Crippen LogP contribution in [0.15, 0.2) is 30.3 Å². The molecule has 4 nitrogen and oxygen atoms in total. The van der Waals surface area contributed by atoms with E-state index in [1.54, 1.807) is 4.90 Å². The summed E-state index contributed by atoms with van der Waals surface area (Å²) in [6.45, 7) is 2.15. The maximum absolute atomic E-state index is 12.0. The van der Waals surface area contributed by atoms with Crippen LogP contribution in [0.5, 0.6) is 0 Å². The molecule has 2 amide bonds. The Morgan fingerprint density at radius 3 is 2.55 bits per heavy atom. The third-order valence-corrected chi connectivity index (χ3v) is 3.95. The highest BCUT2D eigenvalue weighted by atomic mass is 16.2. The van der Waals surface area contributed by atoms with Crippen molar-refractivity contribution in [1.29, 1.82) is 0 Å². The molecule has 1 aromatic carbocycles. The van der Waals surface area contributed by atoms with Gasteiger partial charge in [-0.05, 0) is 31.2 Å². The van der Waals surface area contributed by atoms with Gasteiger partial charge in [0.15, 0.2) is 0 Å². The van der Waals surface area contributed by atoms with E-state index >= 15 is 0 Å². The molecule has 4 heteroatoms. The number of hydrogen-bond acceptors (Lipinski definition) is 2. The SMILES string of the molecule is C[C@@H](C1CC1)N(C)C(=O)CNC(=O)Cc1ccccc1. The Balaban J connectivity index is 1.73. The molecule has 108 valence electrons. The molecule has 1 N–H and O–H groups in total. The lowest BCUT2D eigenvalue weighted by Crippen LogP contribution is -2.43. The van der Waals surface area contributed by atoms with Crippen LogP contribution < -0.4 is 5.32 Å². The van der Waals surface area contributed by atoms with Crippen molar-refractivity contribution in [3.05, 3.63) is 35.9 Å². The highest BCUT2D eigenvalue weighted by Gasteiger charge is 2.32. The Kier molecular flexibility index (Phi) is 4.77. The second-order valence-corrected chi connectivity index (χ2v) is 5.52. The molecule has 0 aromatic heterocycles. The van der Waals surface area contributed by atoms with Crippen LogP contribution in [0.2, 0.25) is 0 Å². The Hall–Kier alpha value is -1.84. The fourth-order valence-corrected chi connectivity index (χ4v) is 2.26. The van der Waals surface area contributed by atoms with Gasteiger partial charge >= 0.3 is 0 Å². The number of carbonyl (C=O) groups excluding carboxylic acids is 2. The average Bonchev–Trinajstić information content (AvgIpc) is 3.29. The van der Waals surface area contributed by atoms with E-state index in [1.807, 2.05) is 37.4 Å². The van der Waals surface area contributed by atoms with E-state index < -0.39 is 0 Å². The molecule has 0 radical (unpaired) electrons. The van der Waals surface area contributed by atoms with Crippen LogP contribution in [0.1, 0.15) is 25.3 Å².